The second-order valence-electron chi connectivity index (χ2n) is 27.0. The van der Waals surface area contributed by atoms with Crippen LogP contribution in [0.4, 0.5) is 68.2 Å². The van der Waals surface area contributed by atoms with E-state index >= 15 is 0 Å². The van der Waals surface area contributed by atoms with Crippen molar-refractivity contribution < 1.29 is 0 Å². The third-order valence-corrected chi connectivity index (χ3v) is 23.4. The van der Waals surface area contributed by atoms with Gasteiger partial charge in [-0.05, 0) is 135 Å². The van der Waals surface area contributed by atoms with E-state index in [9.17, 15) is 0 Å². The van der Waals surface area contributed by atoms with E-state index in [1.807, 2.05) is 23.5 Å². The molecule has 0 N–H and O–H groups in total. The van der Waals surface area contributed by atoms with Crippen molar-refractivity contribution in [2.75, 3.05) is 19.6 Å². The van der Waals surface area contributed by atoms with E-state index in [2.05, 4.69) is 408 Å². The number of rotatable bonds is 13. The van der Waals surface area contributed by atoms with Crippen molar-refractivity contribution in [3.05, 3.63) is 388 Å². The molecule has 0 bridgehead atoms. The predicted octanol–water partition coefficient (Wildman–Crippen LogP) is 22.5. The molecule has 0 saturated heterocycles. The van der Waals surface area contributed by atoms with Crippen LogP contribution >= 0.6 is 23.5 Å². The van der Waals surface area contributed by atoms with Crippen LogP contribution in [0.25, 0.3) is 55.6 Å². The van der Waals surface area contributed by atoms with Crippen LogP contribution in [0.3, 0.4) is 0 Å². The summed E-state index contributed by atoms with van der Waals surface area (Å²) in [6, 6.07) is 144. The molecule has 0 aromatic heterocycles. The van der Waals surface area contributed by atoms with Crippen LogP contribution in [-0.4, -0.2) is 13.4 Å². The molecule has 104 heavy (non-hydrogen) atoms. The summed E-state index contributed by atoms with van der Waals surface area (Å²) in [7, 11) is 0. The van der Waals surface area contributed by atoms with Crippen LogP contribution in [0.2, 0.25) is 0 Å². The summed E-state index contributed by atoms with van der Waals surface area (Å²) in [4.78, 5) is 15.4. The van der Waals surface area contributed by atoms with E-state index in [1.54, 1.807) is 0 Å². The van der Waals surface area contributed by atoms with Gasteiger partial charge in [0, 0.05) is 92.9 Å². The van der Waals surface area contributed by atoms with Gasteiger partial charge in [-0.15, -0.1) is 0 Å². The summed E-state index contributed by atoms with van der Waals surface area (Å²) < 4.78 is 0. The number of anilines is 12. The average molecular weight is 1360 g/mol. The number of benzene rings is 16. The van der Waals surface area contributed by atoms with Gasteiger partial charge in [-0.3, -0.25) is 0 Å². The number of fused-ring (bicyclic) bond motifs is 8. The van der Waals surface area contributed by atoms with Crippen LogP contribution in [0.1, 0.15) is 0 Å². The van der Waals surface area contributed by atoms with Gasteiger partial charge in [0.25, 0.3) is 6.71 Å². The molecule has 16 aromatic rings. The molecular weight excluding hydrogens is 1290 g/mol. The fourth-order valence-electron chi connectivity index (χ4n) is 16.7. The maximum absolute atomic E-state index is 2.67. The van der Waals surface area contributed by atoms with E-state index in [0.29, 0.717) is 0 Å². The molecule has 0 aliphatic carbocycles. The zero-order chi connectivity index (χ0) is 68.6. The molecule has 0 spiro atoms. The molecule has 4 heterocycles. The molecule has 0 radical (unpaired) electrons. The van der Waals surface area contributed by atoms with E-state index in [-0.39, 0.29) is 13.4 Å². The van der Waals surface area contributed by atoms with Crippen LogP contribution < -0.4 is 52.4 Å². The molecule has 20 rings (SSSR count). The highest BCUT2D eigenvalue weighted by atomic mass is 32.2. The predicted molar refractivity (Wildman–Crippen MR) is 443 cm³/mol. The van der Waals surface area contributed by atoms with Gasteiger partial charge in [0.15, 0.2) is 0 Å². The zero-order valence-electron chi connectivity index (χ0n) is 56.7. The summed E-state index contributed by atoms with van der Waals surface area (Å²) in [5.74, 6) is 0. The Bertz CT molecular complexity index is 5800. The van der Waals surface area contributed by atoms with Gasteiger partial charge in [0.2, 0.25) is 6.71 Å². The molecular formula is C96H64B2N4S2. The molecule has 0 atom stereocenters. The molecule has 0 amide bonds. The fraction of sp³-hybridized carbons (Fsp3) is 0. The first-order valence-electron chi connectivity index (χ1n) is 35.7. The lowest BCUT2D eigenvalue weighted by Gasteiger charge is -2.46. The van der Waals surface area contributed by atoms with Crippen molar-refractivity contribution >= 4 is 138 Å². The van der Waals surface area contributed by atoms with Gasteiger partial charge in [0.05, 0.1) is 22.7 Å². The van der Waals surface area contributed by atoms with Crippen LogP contribution in [-0.2, 0) is 0 Å². The average Bonchev–Trinajstić information content (AvgIpc) is 0.687. The van der Waals surface area contributed by atoms with Crippen molar-refractivity contribution in [1.29, 1.82) is 0 Å². The first kappa shape index (κ1) is 61.4. The quantitative estimate of drug-likeness (QED) is 0.106. The Balaban J connectivity index is 0.923. The summed E-state index contributed by atoms with van der Waals surface area (Å²) in [5, 5.41) is 0. The Morgan fingerprint density at radius 2 is 0.596 bits per heavy atom. The SMILES string of the molecule is c1ccc(-c2ccccc2N2c3cc4c(cc3B3c5ccccc5N(c5c(-c6ccccc6)cccc5-c5ccccc5)c5cc(N(c6ccccc6)c6c(-c7ccccc7)cccc6-c6ccccc6)cc2c53)B2c3ccccc3Sc3cc(N(c5ccccc5)c5ccccc5)cc(c32)S4)cc1. The second kappa shape index (κ2) is 25.9. The van der Waals surface area contributed by atoms with E-state index in [1.165, 1.54) is 52.4 Å². The molecule has 0 fully saturated rings. The van der Waals surface area contributed by atoms with Crippen molar-refractivity contribution in [1.82, 2.24) is 0 Å². The van der Waals surface area contributed by atoms with Gasteiger partial charge < -0.3 is 19.6 Å². The number of nitrogens with zero attached hydrogens (tertiary/aromatic N) is 4. The molecule has 486 valence electrons. The summed E-state index contributed by atoms with van der Waals surface area (Å²) in [6.07, 6.45) is 0. The van der Waals surface area contributed by atoms with Crippen molar-refractivity contribution in [2.24, 2.45) is 0 Å². The van der Waals surface area contributed by atoms with Gasteiger partial charge in [-0.25, -0.2) is 0 Å². The highest BCUT2D eigenvalue weighted by molar-refractivity contribution is 8.01. The molecule has 4 aliphatic heterocycles. The van der Waals surface area contributed by atoms with Crippen molar-refractivity contribution in [3.63, 3.8) is 0 Å². The lowest BCUT2D eigenvalue weighted by atomic mass is 9.31. The maximum Gasteiger partial charge on any atom is 0.252 e. The Kier molecular flexibility index (Phi) is 15.3. The van der Waals surface area contributed by atoms with Gasteiger partial charge in [-0.1, -0.05) is 338 Å². The van der Waals surface area contributed by atoms with Crippen molar-refractivity contribution in [3.8, 4) is 55.6 Å². The van der Waals surface area contributed by atoms with E-state index < -0.39 is 0 Å². The summed E-state index contributed by atoms with van der Waals surface area (Å²) in [5.41, 5.74) is 32.2. The smallest absolute Gasteiger partial charge is 0.252 e. The largest absolute Gasteiger partial charge is 0.311 e. The first-order valence-corrected chi connectivity index (χ1v) is 37.3. The van der Waals surface area contributed by atoms with E-state index in [4.69, 9.17) is 0 Å². The summed E-state index contributed by atoms with van der Waals surface area (Å²) in [6.45, 7) is -0.285. The number of hydrogen-bond acceptors (Lipinski definition) is 6. The lowest BCUT2D eigenvalue weighted by Crippen LogP contribution is -2.64. The van der Waals surface area contributed by atoms with Gasteiger partial charge >= 0.3 is 0 Å². The van der Waals surface area contributed by atoms with Crippen LogP contribution in [0.15, 0.2) is 408 Å². The monoisotopic (exact) mass is 1360 g/mol. The standard InChI is InChI=1S/C96H64B2N4S2/c1-9-33-65(34-10-1)75-49-25-28-56-84(75)101-86-64-90-83(98-81-55-27-30-58-89(81)103-91-61-74(62-92(104-90)94(91)98)99(70-43-19-6-20-44-70)71-45-21-7-22-46-71)63-82(86)97-80-54-26-29-57-85(80)102(96-78(68-39-15-4-16-40-68)52-32-53-79(96)69-41-17-5-18-42-69)88-60-73(59-87(101)93(88)97)100(72-47-23-8-24-48-72)95-76(66-35-11-2-12-36-66)50-31-51-77(95)67-37-13-3-14-38-67/h1-64H. The highest BCUT2D eigenvalue weighted by Crippen LogP contribution is 2.56. The molecule has 16 aromatic carbocycles. The molecule has 0 unspecified atom stereocenters. The van der Waals surface area contributed by atoms with Gasteiger partial charge in [-0.2, -0.15) is 0 Å². The Hall–Kier alpha value is -12.5. The van der Waals surface area contributed by atoms with E-state index in [0.717, 1.165) is 124 Å². The lowest BCUT2D eigenvalue weighted by molar-refractivity contribution is 1.22. The normalized spacial score (nSPS) is 12.7. The highest BCUT2D eigenvalue weighted by Gasteiger charge is 2.48. The molecule has 8 heteroatoms. The third-order valence-electron chi connectivity index (χ3n) is 21.1. The first-order chi connectivity index (χ1) is 51.6. The fourth-order valence-corrected chi connectivity index (χ4v) is 19.2. The zero-order valence-corrected chi connectivity index (χ0v) is 58.3. The molecule has 4 aliphatic rings. The van der Waals surface area contributed by atoms with Crippen molar-refractivity contribution in [2.45, 2.75) is 19.6 Å². The molecule has 0 saturated carbocycles. The Morgan fingerprint density at radius 3 is 1.13 bits per heavy atom. The number of para-hydroxylation sites is 7. The van der Waals surface area contributed by atoms with Gasteiger partial charge in [0.1, 0.15) is 0 Å². The Labute approximate surface area is 616 Å². The van der Waals surface area contributed by atoms with Crippen LogP contribution in [0.5, 0.6) is 0 Å². The van der Waals surface area contributed by atoms with Crippen LogP contribution in [0, 0.1) is 0 Å². The minimum absolute atomic E-state index is 0.0484. The minimum Gasteiger partial charge on any atom is -0.311 e. The molecule has 4 nitrogen and oxygen atoms in total. The second-order valence-corrected chi connectivity index (χ2v) is 29.1. The Morgan fingerprint density at radius 1 is 0.212 bits per heavy atom. The minimum atomic E-state index is -0.237. The maximum atomic E-state index is 2.67. The third kappa shape index (κ3) is 10.3. The topological polar surface area (TPSA) is 13.0 Å². The number of hydrogen-bond donors (Lipinski definition) is 0. The summed E-state index contributed by atoms with van der Waals surface area (Å²) >= 11 is 3.83.